The fourth-order valence-corrected chi connectivity index (χ4v) is 0.710. The van der Waals surface area contributed by atoms with Crippen molar-refractivity contribution in [2.75, 3.05) is 0 Å². The van der Waals surface area contributed by atoms with Crippen molar-refractivity contribution in [3.05, 3.63) is 0 Å². The highest BCUT2D eigenvalue weighted by Gasteiger charge is 2.27. The minimum atomic E-state index is -4.16. The molecular formula is C4H9O4P. The van der Waals surface area contributed by atoms with Gasteiger partial charge in [0.2, 0.25) is 0 Å². The number of carbonyl (C=O) groups excluding carboxylic acids is 1. The highest BCUT2D eigenvalue weighted by atomic mass is 31.2. The minimum absolute atomic E-state index is 0.483. The molecule has 0 unspecified atom stereocenters. The molecule has 2 N–H and O–H groups in total. The molecule has 0 aliphatic carbocycles. The van der Waals surface area contributed by atoms with Crippen molar-refractivity contribution in [2.24, 2.45) is 0 Å². The summed E-state index contributed by atoms with van der Waals surface area (Å²) >= 11 is 0. The molecule has 0 aromatic rings. The van der Waals surface area contributed by atoms with Gasteiger partial charge in [-0.2, -0.15) is 0 Å². The van der Waals surface area contributed by atoms with E-state index in [1.165, 1.54) is 6.92 Å². The molecule has 54 valence electrons. The van der Waals surface area contributed by atoms with Gasteiger partial charge in [0.25, 0.3) is 0 Å². The van der Waals surface area contributed by atoms with Crippen LogP contribution in [0.5, 0.6) is 0 Å². The third-order valence-electron chi connectivity index (χ3n) is 1.09. The van der Waals surface area contributed by atoms with Gasteiger partial charge in [0.15, 0.2) is 0 Å². The molecule has 4 nitrogen and oxygen atoms in total. The molecule has 0 aromatic heterocycles. The molecule has 0 aliphatic rings. The summed E-state index contributed by atoms with van der Waals surface area (Å²) in [5.74, 6) is -0.483. The summed E-state index contributed by atoms with van der Waals surface area (Å²) in [5, 5.41) is 0. The Bertz CT molecular complexity index is 158. The summed E-state index contributed by atoms with van der Waals surface area (Å²) in [7, 11) is -4.16. The van der Waals surface area contributed by atoms with Crippen LogP contribution in [0.25, 0.3) is 0 Å². The van der Waals surface area contributed by atoms with E-state index in [2.05, 4.69) is 0 Å². The average Bonchev–Trinajstić information content (AvgIpc) is 1.62. The third-order valence-corrected chi connectivity index (χ3v) is 2.47. The predicted octanol–water partition coefficient (Wildman–Crippen LogP) is 0.142. The number of Topliss-reactive ketones (excluding diaryl/α,β-unsaturated/α-hetero) is 1. The molecule has 0 fully saturated rings. The fraction of sp³-hybridized carbons (Fsp3) is 0.750. The molecule has 1 atom stereocenters. The smallest absolute Gasteiger partial charge is 0.324 e. The van der Waals surface area contributed by atoms with Gasteiger partial charge in [0, 0.05) is 0 Å². The van der Waals surface area contributed by atoms with E-state index in [4.69, 9.17) is 9.79 Å². The average molecular weight is 152 g/mol. The Morgan fingerprint density at radius 1 is 1.56 bits per heavy atom. The first-order valence-corrected chi connectivity index (χ1v) is 4.09. The van der Waals surface area contributed by atoms with E-state index >= 15 is 0 Å². The molecule has 0 amide bonds. The van der Waals surface area contributed by atoms with Crippen LogP contribution in [-0.2, 0) is 9.36 Å². The topological polar surface area (TPSA) is 74.6 Å². The standard InChI is InChI=1S/C4H9O4P/c1-3(5)4(2)9(6,7)8/h4H,1-2H3,(H2,6,7,8)/t4-/m0/s1. The number of carbonyl (C=O) groups is 1. The quantitative estimate of drug-likeness (QED) is 0.552. The number of hydrogen-bond donors (Lipinski definition) is 2. The van der Waals surface area contributed by atoms with Gasteiger partial charge in [-0.1, -0.05) is 0 Å². The van der Waals surface area contributed by atoms with Crippen LogP contribution >= 0.6 is 7.60 Å². The van der Waals surface area contributed by atoms with Crippen LogP contribution in [0.15, 0.2) is 0 Å². The molecule has 5 heteroatoms. The highest BCUT2D eigenvalue weighted by molar-refractivity contribution is 7.53. The lowest BCUT2D eigenvalue weighted by molar-refractivity contribution is -0.116. The van der Waals surface area contributed by atoms with Crippen molar-refractivity contribution >= 4 is 13.4 Å². The van der Waals surface area contributed by atoms with E-state index in [0.717, 1.165) is 6.92 Å². The van der Waals surface area contributed by atoms with Gasteiger partial charge in [-0.25, -0.2) is 0 Å². The molecular weight excluding hydrogens is 143 g/mol. The first kappa shape index (κ1) is 8.82. The van der Waals surface area contributed by atoms with E-state index in [9.17, 15) is 9.36 Å². The number of hydrogen-bond acceptors (Lipinski definition) is 2. The second kappa shape index (κ2) is 2.60. The van der Waals surface area contributed by atoms with E-state index in [0.29, 0.717) is 0 Å². The molecule has 0 saturated carbocycles. The molecule has 0 spiro atoms. The first-order chi connectivity index (χ1) is 3.85. The van der Waals surface area contributed by atoms with Gasteiger partial charge in [-0.05, 0) is 13.8 Å². The zero-order valence-electron chi connectivity index (χ0n) is 5.24. The molecule has 0 radical (unpaired) electrons. The lowest BCUT2D eigenvalue weighted by Gasteiger charge is -2.07. The van der Waals surface area contributed by atoms with Crippen LogP contribution in [-0.4, -0.2) is 21.2 Å². The Morgan fingerprint density at radius 2 is 1.89 bits per heavy atom. The van der Waals surface area contributed by atoms with Crippen molar-refractivity contribution in [3.8, 4) is 0 Å². The van der Waals surface area contributed by atoms with Crippen molar-refractivity contribution in [2.45, 2.75) is 19.5 Å². The maximum Gasteiger partial charge on any atom is 0.335 e. The Balaban J connectivity index is 4.23. The molecule has 0 aromatic carbocycles. The zero-order valence-corrected chi connectivity index (χ0v) is 6.13. The Hall–Kier alpha value is -0.180. The summed E-state index contributed by atoms with van der Waals surface area (Å²) in [6.45, 7) is 2.37. The molecule has 9 heavy (non-hydrogen) atoms. The van der Waals surface area contributed by atoms with Crippen LogP contribution in [0.3, 0.4) is 0 Å². The van der Waals surface area contributed by atoms with E-state index in [-0.39, 0.29) is 0 Å². The second-order valence-electron chi connectivity index (χ2n) is 1.88. The number of rotatable bonds is 2. The maximum atomic E-state index is 10.3. The summed E-state index contributed by atoms with van der Waals surface area (Å²) in [6.07, 6.45) is 0. The summed E-state index contributed by atoms with van der Waals surface area (Å²) in [6, 6.07) is 0. The normalized spacial score (nSPS) is 15.1. The molecule has 0 heterocycles. The Labute approximate surface area is 53.0 Å². The molecule has 0 saturated heterocycles. The molecule has 0 aliphatic heterocycles. The van der Waals surface area contributed by atoms with Crippen LogP contribution in [0, 0.1) is 0 Å². The van der Waals surface area contributed by atoms with Crippen molar-refractivity contribution < 1.29 is 19.1 Å². The van der Waals surface area contributed by atoms with Crippen molar-refractivity contribution in [1.82, 2.24) is 0 Å². The van der Waals surface area contributed by atoms with Crippen molar-refractivity contribution in [1.29, 1.82) is 0 Å². The van der Waals surface area contributed by atoms with Gasteiger partial charge in [-0.15, -0.1) is 0 Å². The summed E-state index contributed by atoms with van der Waals surface area (Å²) < 4.78 is 10.2. The second-order valence-corrected chi connectivity index (χ2v) is 3.83. The van der Waals surface area contributed by atoms with E-state index in [1.807, 2.05) is 0 Å². The van der Waals surface area contributed by atoms with Gasteiger partial charge < -0.3 is 9.79 Å². The molecule has 0 bridgehead atoms. The monoisotopic (exact) mass is 152 g/mol. The number of ketones is 1. The van der Waals surface area contributed by atoms with Crippen molar-refractivity contribution in [3.63, 3.8) is 0 Å². The van der Waals surface area contributed by atoms with Crippen LogP contribution in [0.2, 0.25) is 0 Å². The largest absolute Gasteiger partial charge is 0.335 e. The molecule has 0 rings (SSSR count). The van der Waals surface area contributed by atoms with Crippen LogP contribution in [0.4, 0.5) is 0 Å². The predicted molar refractivity (Wildman–Crippen MR) is 32.2 cm³/mol. The van der Waals surface area contributed by atoms with Gasteiger partial charge >= 0.3 is 7.60 Å². The van der Waals surface area contributed by atoms with E-state index in [1.54, 1.807) is 0 Å². The van der Waals surface area contributed by atoms with E-state index < -0.39 is 19.0 Å². The van der Waals surface area contributed by atoms with Gasteiger partial charge in [-0.3, -0.25) is 9.36 Å². The fourth-order valence-electron chi connectivity index (χ4n) is 0.237. The van der Waals surface area contributed by atoms with Gasteiger partial charge in [0.05, 0.1) is 0 Å². The lowest BCUT2D eigenvalue weighted by Crippen LogP contribution is -2.12. The van der Waals surface area contributed by atoms with Crippen LogP contribution < -0.4 is 0 Å². The lowest BCUT2D eigenvalue weighted by atomic mass is 10.3. The highest BCUT2D eigenvalue weighted by Crippen LogP contribution is 2.40. The summed E-state index contributed by atoms with van der Waals surface area (Å²) in [5.41, 5.74) is -1.16. The Morgan fingerprint density at radius 3 is 1.89 bits per heavy atom. The van der Waals surface area contributed by atoms with Crippen LogP contribution in [0.1, 0.15) is 13.8 Å². The van der Waals surface area contributed by atoms with Gasteiger partial charge in [0.1, 0.15) is 11.4 Å². The maximum absolute atomic E-state index is 10.3. The zero-order chi connectivity index (χ0) is 7.65. The Kier molecular flexibility index (Phi) is 2.55. The minimum Gasteiger partial charge on any atom is -0.324 e. The SMILES string of the molecule is CC(=O)[C@H](C)P(=O)(O)O. The summed E-state index contributed by atoms with van der Waals surface area (Å²) in [4.78, 5) is 27.0. The first-order valence-electron chi connectivity index (χ1n) is 2.41. The third kappa shape index (κ3) is 2.75.